The van der Waals surface area contributed by atoms with Gasteiger partial charge in [0.05, 0.1) is 16.7 Å². The summed E-state index contributed by atoms with van der Waals surface area (Å²) >= 11 is 5.97. The Bertz CT molecular complexity index is 1170. The molecule has 2 N–H and O–H groups in total. The molecule has 0 spiro atoms. The van der Waals surface area contributed by atoms with Crippen LogP contribution in [0.3, 0.4) is 0 Å². The Morgan fingerprint density at radius 3 is 2.30 bits per heavy atom. The highest BCUT2D eigenvalue weighted by Gasteiger charge is 2.27. The Labute approximate surface area is 199 Å². The van der Waals surface area contributed by atoms with Gasteiger partial charge >= 0.3 is 0 Å². The molecule has 0 saturated carbocycles. The lowest BCUT2D eigenvalue weighted by Gasteiger charge is -2.23. The van der Waals surface area contributed by atoms with Gasteiger partial charge in [-0.1, -0.05) is 76.9 Å². The van der Waals surface area contributed by atoms with E-state index in [1.807, 2.05) is 37.3 Å². The molecule has 0 unspecified atom stereocenters. The maximum atomic E-state index is 12.8. The number of nitrogens with zero attached hydrogens (tertiary/aromatic N) is 1. The molecule has 3 rings (SSSR count). The second-order valence-corrected chi connectivity index (χ2v) is 9.96. The van der Waals surface area contributed by atoms with Crippen LogP contribution in [-0.4, -0.2) is 25.8 Å². The maximum Gasteiger partial charge on any atom is 0.240 e. The lowest BCUT2D eigenvalue weighted by molar-refractivity contribution is 0.116. The summed E-state index contributed by atoms with van der Waals surface area (Å²) in [5.41, 5.74) is 2.96. The lowest BCUT2D eigenvalue weighted by atomic mass is 9.92. The van der Waals surface area contributed by atoms with E-state index in [-0.39, 0.29) is 18.0 Å². The summed E-state index contributed by atoms with van der Waals surface area (Å²) < 4.78 is 28.2. The van der Waals surface area contributed by atoms with E-state index in [0.717, 1.165) is 11.1 Å². The molecule has 3 aromatic rings. The summed E-state index contributed by atoms with van der Waals surface area (Å²) in [7, 11) is -3.77. The van der Waals surface area contributed by atoms with E-state index in [9.17, 15) is 13.5 Å². The van der Waals surface area contributed by atoms with Gasteiger partial charge in [-0.25, -0.2) is 13.1 Å². The van der Waals surface area contributed by atoms with Crippen molar-refractivity contribution >= 4 is 27.3 Å². The Kier molecular flexibility index (Phi) is 8.63. The first-order valence-electron chi connectivity index (χ1n) is 10.5. The molecule has 0 aromatic heterocycles. The van der Waals surface area contributed by atoms with Gasteiger partial charge in [0.1, 0.15) is 6.61 Å². The van der Waals surface area contributed by atoms with Crippen molar-refractivity contribution in [2.24, 2.45) is 11.1 Å². The highest BCUT2D eigenvalue weighted by Crippen LogP contribution is 2.25. The van der Waals surface area contributed by atoms with Crippen LogP contribution in [0.1, 0.15) is 29.7 Å². The van der Waals surface area contributed by atoms with Crippen LogP contribution in [0.25, 0.3) is 0 Å². The molecule has 0 heterocycles. The van der Waals surface area contributed by atoms with Crippen LogP contribution in [0, 0.1) is 12.8 Å². The summed E-state index contributed by atoms with van der Waals surface area (Å²) in [5, 5.41) is 15.8. The molecule has 0 fully saturated rings. The third-order valence-corrected chi connectivity index (χ3v) is 6.93. The van der Waals surface area contributed by atoms with Gasteiger partial charge in [0.15, 0.2) is 0 Å². The molecule has 0 radical (unpaired) electrons. The second-order valence-electron chi connectivity index (χ2n) is 7.76. The predicted molar refractivity (Wildman–Crippen MR) is 131 cm³/mol. The third-order valence-electron chi connectivity index (χ3n) is 5.24. The van der Waals surface area contributed by atoms with Crippen molar-refractivity contribution in [1.29, 1.82) is 0 Å². The van der Waals surface area contributed by atoms with Crippen molar-refractivity contribution in [2.45, 2.75) is 31.5 Å². The average molecular weight is 487 g/mol. The third kappa shape index (κ3) is 7.14. The number of hydrogen-bond acceptors (Lipinski definition) is 5. The summed E-state index contributed by atoms with van der Waals surface area (Å²) in [5.74, 6) is -0.665. The second kappa shape index (κ2) is 11.4. The number of nitrogens with one attached hydrogen (secondary N) is 1. The van der Waals surface area contributed by atoms with Gasteiger partial charge in [0, 0.05) is 17.5 Å². The molecule has 0 aliphatic rings. The van der Waals surface area contributed by atoms with E-state index in [1.54, 1.807) is 55.5 Å². The van der Waals surface area contributed by atoms with Gasteiger partial charge in [-0.05, 0) is 49.2 Å². The van der Waals surface area contributed by atoms with Crippen molar-refractivity contribution in [1.82, 2.24) is 4.72 Å². The lowest BCUT2D eigenvalue weighted by Crippen LogP contribution is -2.35. The minimum Gasteiger partial charge on any atom is -0.391 e. The fourth-order valence-corrected chi connectivity index (χ4v) is 4.42. The smallest absolute Gasteiger partial charge is 0.240 e. The fourth-order valence-electron chi connectivity index (χ4n) is 3.23. The van der Waals surface area contributed by atoms with E-state index >= 15 is 0 Å². The zero-order valence-electron chi connectivity index (χ0n) is 18.5. The molecule has 0 bridgehead atoms. The Morgan fingerprint density at radius 2 is 1.67 bits per heavy atom. The first-order valence-corrected chi connectivity index (χ1v) is 12.3. The monoisotopic (exact) mass is 486 g/mol. The first kappa shape index (κ1) is 24.9. The van der Waals surface area contributed by atoms with E-state index in [4.69, 9.17) is 16.4 Å². The van der Waals surface area contributed by atoms with Crippen LogP contribution in [0.4, 0.5) is 0 Å². The van der Waals surface area contributed by atoms with Crippen LogP contribution < -0.4 is 4.72 Å². The number of benzene rings is 3. The highest BCUT2D eigenvalue weighted by molar-refractivity contribution is 7.89. The van der Waals surface area contributed by atoms with Crippen molar-refractivity contribution in [3.05, 3.63) is 101 Å². The summed E-state index contributed by atoms with van der Waals surface area (Å²) in [6.07, 6.45) is -1.02. The molecule has 8 heteroatoms. The molecule has 174 valence electrons. The van der Waals surface area contributed by atoms with Crippen molar-refractivity contribution in [3.8, 4) is 0 Å². The number of aliphatic hydroxyl groups excluding tert-OH is 1. The number of rotatable bonds is 10. The molecule has 3 aromatic carbocycles. The van der Waals surface area contributed by atoms with Gasteiger partial charge in [-0.2, -0.15) is 0 Å². The first-order chi connectivity index (χ1) is 15.8. The van der Waals surface area contributed by atoms with E-state index in [1.165, 1.54) is 0 Å². The van der Waals surface area contributed by atoms with E-state index in [2.05, 4.69) is 9.88 Å². The van der Waals surface area contributed by atoms with Crippen LogP contribution in [-0.2, 0) is 21.5 Å². The fraction of sp³-hybridized carbons (Fsp3) is 0.240. The van der Waals surface area contributed by atoms with Crippen LogP contribution in [0.2, 0.25) is 5.02 Å². The molecule has 0 aliphatic heterocycles. The Morgan fingerprint density at radius 1 is 1.03 bits per heavy atom. The van der Waals surface area contributed by atoms with E-state index in [0.29, 0.717) is 16.3 Å². The Hall–Kier alpha value is -2.71. The van der Waals surface area contributed by atoms with Crippen LogP contribution in [0.15, 0.2) is 88.9 Å². The largest absolute Gasteiger partial charge is 0.391 e. The number of oxime groups is 1. The molecular weight excluding hydrogens is 460 g/mol. The number of aliphatic hydroxyl groups is 1. The normalized spacial score (nSPS) is 14.0. The van der Waals surface area contributed by atoms with Crippen molar-refractivity contribution < 1.29 is 18.4 Å². The standard InChI is InChI=1S/C25H27ClN2O4S/c1-18-8-14-23(15-9-18)33(30,31)27-16-24(25(29)21-10-12-22(26)13-11-21)19(2)28-32-17-20-6-4-3-5-7-20/h3-15,24-25,27,29H,16-17H2,1-2H3/b28-19+/t24-,25+/m0/s1. The van der Waals surface area contributed by atoms with Crippen LogP contribution >= 0.6 is 11.6 Å². The van der Waals surface area contributed by atoms with Gasteiger partial charge < -0.3 is 9.94 Å². The van der Waals surface area contributed by atoms with Gasteiger partial charge in [-0.15, -0.1) is 0 Å². The molecular formula is C25H27ClN2O4S. The highest BCUT2D eigenvalue weighted by atomic mass is 35.5. The Balaban J connectivity index is 1.78. The number of hydrogen-bond donors (Lipinski definition) is 2. The molecule has 33 heavy (non-hydrogen) atoms. The van der Waals surface area contributed by atoms with E-state index < -0.39 is 22.0 Å². The van der Waals surface area contributed by atoms with Crippen molar-refractivity contribution in [2.75, 3.05) is 6.54 Å². The molecule has 0 aliphatic carbocycles. The maximum absolute atomic E-state index is 12.8. The number of sulfonamides is 1. The van der Waals surface area contributed by atoms with Gasteiger partial charge in [0.25, 0.3) is 0 Å². The van der Waals surface area contributed by atoms with Gasteiger partial charge in [-0.3, -0.25) is 0 Å². The zero-order chi connectivity index (χ0) is 23.8. The molecule has 0 amide bonds. The molecule has 6 nitrogen and oxygen atoms in total. The van der Waals surface area contributed by atoms with Crippen molar-refractivity contribution in [3.63, 3.8) is 0 Å². The number of aryl methyl sites for hydroxylation is 1. The summed E-state index contributed by atoms with van der Waals surface area (Å²) in [4.78, 5) is 5.63. The summed E-state index contributed by atoms with van der Waals surface area (Å²) in [6, 6.07) is 22.9. The molecule has 2 atom stereocenters. The topological polar surface area (TPSA) is 88.0 Å². The average Bonchev–Trinajstić information content (AvgIpc) is 2.80. The molecule has 0 saturated heterocycles. The predicted octanol–water partition coefficient (Wildman–Crippen LogP) is 4.87. The minimum atomic E-state index is -3.77. The van der Waals surface area contributed by atoms with Crippen LogP contribution in [0.5, 0.6) is 0 Å². The number of halogens is 1. The minimum absolute atomic E-state index is 0.0654. The quantitative estimate of drug-likeness (QED) is 0.316. The van der Waals surface area contributed by atoms with Gasteiger partial charge in [0.2, 0.25) is 10.0 Å². The SMILES string of the molecule is C/C(=N\OCc1ccccc1)[C@H](CNS(=O)(=O)c1ccc(C)cc1)[C@H](O)c1ccc(Cl)cc1. The summed E-state index contributed by atoms with van der Waals surface area (Å²) in [6.45, 7) is 3.79. The zero-order valence-corrected chi connectivity index (χ0v) is 20.1.